The number of nitrogens with zero attached hydrogens (tertiary/aromatic N) is 3. The molecule has 1 aromatic carbocycles. The summed E-state index contributed by atoms with van der Waals surface area (Å²) in [7, 11) is 2.08. The van der Waals surface area contributed by atoms with E-state index in [-0.39, 0.29) is 17.6 Å². The van der Waals surface area contributed by atoms with Crippen LogP contribution in [0, 0.1) is 23.6 Å². The SMILES string of the molecule is CN1CCC(N=CC(=CN)c2cnc(N)c(OC(O)(O)c3cc(C#CC4CC4)ccc3F)c2)CC1. The molecule has 2 fully saturated rings. The standard InChI is InChI=1S/C26H30FN5O3/c1-32-10-8-21(9-11-32)30-16-20(14-28)19-13-24(25(29)31-15-19)35-26(33,34)22-12-18(6-7-23(22)27)5-4-17-2-3-17/h6-7,12-17,21,33-34H,2-3,8-11,28H2,1H3,(H2,29,31). The van der Waals surface area contributed by atoms with Crippen molar-refractivity contribution in [3.63, 3.8) is 0 Å². The molecule has 8 nitrogen and oxygen atoms in total. The average molecular weight is 480 g/mol. The van der Waals surface area contributed by atoms with Crippen molar-refractivity contribution in [1.82, 2.24) is 9.88 Å². The van der Waals surface area contributed by atoms with Gasteiger partial charge in [0.05, 0.1) is 11.6 Å². The molecular weight excluding hydrogens is 449 g/mol. The van der Waals surface area contributed by atoms with Gasteiger partial charge in [-0.3, -0.25) is 4.99 Å². The Morgan fingerprint density at radius 2 is 2.00 bits per heavy atom. The van der Waals surface area contributed by atoms with E-state index in [1.165, 1.54) is 30.6 Å². The number of aromatic nitrogens is 1. The zero-order valence-corrected chi connectivity index (χ0v) is 19.6. The largest absolute Gasteiger partial charge is 0.432 e. The fraction of sp³-hybridized carbons (Fsp3) is 0.385. The number of aliphatic hydroxyl groups is 2. The van der Waals surface area contributed by atoms with Crippen LogP contribution in [-0.4, -0.2) is 52.5 Å². The van der Waals surface area contributed by atoms with Gasteiger partial charge in [-0.25, -0.2) is 9.37 Å². The van der Waals surface area contributed by atoms with Crippen molar-refractivity contribution >= 4 is 17.6 Å². The number of rotatable bonds is 6. The molecule has 0 amide bonds. The van der Waals surface area contributed by atoms with Crippen LogP contribution in [0.2, 0.25) is 0 Å². The third-order valence-electron chi connectivity index (χ3n) is 6.07. The highest BCUT2D eigenvalue weighted by Gasteiger charge is 2.34. The zero-order chi connectivity index (χ0) is 25.0. The number of nitrogen functional groups attached to an aromatic ring is 1. The minimum absolute atomic E-state index is 0.102. The number of pyridine rings is 1. The Morgan fingerprint density at radius 3 is 2.69 bits per heavy atom. The molecule has 9 heteroatoms. The highest BCUT2D eigenvalue weighted by Crippen LogP contribution is 2.32. The number of ether oxygens (including phenoxy) is 1. The summed E-state index contributed by atoms with van der Waals surface area (Å²) in [5, 5.41) is 21.3. The first-order valence-corrected chi connectivity index (χ1v) is 11.6. The molecule has 6 N–H and O–H groups in total. The van der Waals surface area contributed by atoms with Gasteiger partial charge in [0.1, 0.15) is 5.82 Å². The number of allylic oxidation sites excluding steroid dienone is 1. The summed E-state index contributed by atoms with van der Waals surface area (Å²) in [6.07, 6.45) is 8.50. The second kappa shape index (κ2) is 10.4. The van der Waals surface area contributed by atoms with Gasteiger partial charge in [0.15, 0.2) is 11.6 Å². The maximum absolute atomic E-state index is 14.5. The number of nitrogens with two attached hydrogens (primary N) is 2. The molecule has 2 aromatic rings. The third-order valence-corrected chi connectivity index (χ3v) is 6.07. The van der Waals surface area contributed by atoms with Crippen LogP contribution in [0.4, 0.5) is 10.2 Å². The predicted molar refractivity (Wildman–Crippen MR) is 133 cm³/mol. The van der Waals surface area contributed by atoms with Crippen molar-refractivity contribution in [3.8, 4) is 17.6 Å². The first kappa shape index (κ1) is 24.7. The molecule has 184 valence electrons. The third kappa shape index (κ3) is 6.36. The Kier molecular flexibility index (Phi) is 7.36. The molecule has 0 bridgehead atoms. The quantitative estimate of drug-likeness (QED) is 0.284. The molecule has 4 rings (SSSR count). The van der Waals surface area contributed by atoms with Crippen LogP contribution in [0.25, 0.3) is 5.57 Å². The van der Waals surface area contributed by atoms with Gasteiger partial charge in [-0.2, -0.15) is 0 Å². The van der Waals surface area contributed by atoms with Gasteiger partial charge in [0.25, 0.3) is 0 Å². The van der Waals surface area contributed by atoms with Crippen molar-refractivity contribution in [2.75, 3.05) is 25.9 Å². The lowest BCUT2D eigenvalue weighted by atomic mass is 10.1. The van der Waals surface area contributed by atoms with Gasteiger partial charge in [0, 0.05) is 41.2 Å². The molecule has 0 radical (unpaired) electrons. The van der Waals surface area contributed by atoms with E-state index in [0.29, 0.717) is 22.6 Å². The van der Waals surface area contributed by atoms with Crippen molar-refractivity contribution in [2.45, 2.75) is 37.7 Å². The Bertz CT molecular complexity index is 1190. The lowest BCUT2D eigenvalue weighted by molar-refractivity contribution is -0.305. The summed E-state index contributed by atoms with van der Waals surface area (Å²) < 4.78 is 19.9. The van der Waals surface area contributed by atoms with Gasteiger partial charge in [-0.15, -0.1) is 0 Å². The lowest BCUT2D eigenvalue weighted by Crippen LogP contribution is -2.34. The Balaban J connectivity index is 1.54. The molecule has 0 unspecified atom stereocenters. The van der Waals surface area contributed by atoms with Crippen molar-refractivity contribution < 1.29 is 19.3 Å². The summed E-state index contributed by atoms with van der Waals surface area (Å²) in [5.74, 6) is 2.21. The van der Waals surface area contributed by atoms with Gasteiger partial charge in [0.2, 0.25) is 0 Å². The van der Waals surface area contributed by atoms with Crippen LogP contribution < -0.4 is 16.2 Å². The summed E-state index contributed by atoms with van der Waals surface area (Å²) in [4.78, 5) is 11.0. The van der Waals surface area contributed by atoms with Crippen molar-refractivity contribution in [1.29, 1.82) is 0 Å². The molecule has 1 aliphatic heterocycles. The summed E-state index contributed by atoms with van der Waals surface area (Å²) in [6, 6.07) is 5.49. The van der Waals surface area contributed by atoms with Gasteiger partial charge in [-0.05, 0) is 70.1 Å². The number of hydrogen-bond acceptors (Lipinski definition) is 8. The highest BCUT2D eigenvalue weighted by atomic mass is 19.1. The van der Waals surface area contributed by atoms with Crippen molar-refractivity contribution in [2.24, 2.45) is 16.6 Å². The number of hydrogen-bond donors (Lipinski definition) is 4. The van der Waals surface area contributed by atoms with Crippen LogP contribution in [0.3, 0.4) is 0 Å². The van der Waals surface area contributed by atoms with E-state index in [1.807, 2.05) is 0 Å². The van der Waals surface area contributed by atoms with Crippen LogP contribution >= 0.6 is 0 Å². The molecule has 1 aromatic heterocycles. The van der Waals surface area contributed by atoms with E-state index in [2.05, 4.69) is 33.8 Å². The molecule has 1 saturated carbocycles. The lowest BCUT2D eigenvalue weighted by Gasteiger charge is -2.26. The normalized spacial score (nSPS) is 17.9. The molecule has 1 aliphatic carbocycles. The molecule has 0 spiro atoms. The fourth-order valence-corrected chi connectivity index (χ4v) is 3.71. The Labute approximate surface area is 204 Å². The zero-order valence-electron chi connectivity index (χ0n) is 19.6. The Morgan fingerprint density at radius 1 is 1.26 bits per heavy atom. The second-order valence-corrected chi connectivity index (χ2v) is 8.99. The number of benzene rings is 1. The second-order valence-electron chi connectivity index (χ2n) is 8.99. The van der Waals surface area contributed by atoms with E-state index < -0.39 is 17.4 Å². The summed E-state index contributed by atoms with van der Waals surface area (Å²) in [6.45, 7) is 1.95. The minimum Gasteiger partial charge on any atom is -0.432 e. The van der Waals surface area contributed by atoms with E-state index in [0.717, 1.165) is 44.8 Å². The van der Waals surface area contributed by atoms with Crippen LogP contribution in [-0.2, 0) is 5.97 Å². The number of aliphatic imine (C=N–C) groups is 1. The molecule has 2 heterocycles. The van der Waals surface area contributed by atoms with Gasteiger partial charge >= 0.3 is 5.97 Å². The number of piperidine rings is 1. The van der Waals surface area contributed by atoms with Crippen molar-refractivity contribution in [3.05, 3.63) is 59.2 Å². The summed E-state index contributed by atoms with van der Waals surface area (Å²) >= 11 is 0. The predicted octanol–water partition coefficient (Wildman–Crippen LogP) is 2.20. The van der Waals surface area contributed by atoms with Crippen LogP contribution in [0.1, 0.15) is 42.4 Å². The van der Waals surface area contributed by atoms with Crippen LogP contribution in [0.15, 0.2) is 41.7 Å². The van der Waals surface area contributed by atoms with Gasteiger partial charge in [-0.1, -0.05) is 11.8 Å². The first-order chi connectivity index (χ1) is 16.7. The molecule has 2 aliphatic rings. The fourth-order valence-electron chi connectivity index (χ4n) is 3.71. The van der Waals surface area contributed by atoms with Gasteiger partial charge < -0.3 is 31.3 Å². The number of halogens is 1. The first-order valence-electron chi connectivity index (χ1n) is 11.6. The van der Waals surface area contributed by atoms with E-state index in [4.69, 9.17) is 16.2 Å². The smallest absolute Gasteiger partial charge is 0.354 e. The van der Waals surface area contributed by atoms with Crippen LogP contribution in [0.5, 0.6) is 5.75 Å². The van der Waals surface area contributed by atoms with E-state index >= 15 is 0 Å². The molecular formula is C26H30FN5O3. The number of anilines is 1. The Hall–Kier alpha value is -3.45. The molecule has 0 atom stereocenters. The minimum atomic E-state index is -3.01. The topological polar surface area (TPSA) is 130 Å². The monoisotopic (exact) mass is 479 g/mol. The summed E-state index contributed by atoms with van der Waals surface area (Å²) in [5.41, 5.74) is 12.8. The maximum atomic E-state index is 14.5. The highest BCUT2D eigenvalue weighted by molar-refractivity contribution is 6.09. The average Bonchev–Trinajstić information content (AvgIpc) is 3.66. The molecule has 35 heavy (non-hydrogen) atoms. The van der Waals surface area contributed by atoms with E-state index in [1.54, 1.807) is 6.21 Å². The van der Waals surface area contributed by atoms with E-state index in [9.17, 15) is 14.6 Å². The molecule has 1 saturated heterocycles. The number of likely N-dealkylation sites (tertiary alicyclic amines) is 1. The maximum Gasteiger partial charge on any atom is 0.354 e.